The molecule has 1 fully saturated rings. The maximum Gasteiger partial charge on any atom is 0.162 e. The zero-order valence-corrected chi connectivity index (χ0v) is 19.0. The first kappa shape index (κ1) is 22.1. The fraction of sp³-hybridized carbons (Fsp3) is 0.478. The zero-order valence-electron chi connectivity index (χ0n) is 17.4. The molecule has 0 aromatic heterocycles. The molecule has 0 unspecified atom stereocenters. The van der Waals surface area contributed by atoms with Crippen LogP contribution in [0.3, 0.4) is 0 Å². The van der Waals surface area contributed by atoms with Crippen LogP contribution in [0.25, 0.3) is 0 Å². The number of rotatable bonds is 10. The van der Waals surface area contributed by atoms with Crippen molar-refractivity contribution in [1.82, 2.24) is 10.2 Å². The van der Waals surface area contributed by atoms with Crippen LogP contribution in [0, 0.1) is 6.92 Å². The lowest BCUT2D eigenvalue weighted by atomic mass is 10.1. The summed E-state index contributed by atoms with van der Waals surface area (Å²) >= 11 is 3.68. The predicted molar refractivity (Wildman–Crippen MR) is 120 cm³/mol. The topological polar surface area (TPSA) is 43.0 Å². The quantitative estimate of drug-likeness (QED) is 0.537. The van der Waals surface area contributed by atoms with E-state index in [-0.39, 0.29) is 0 Å². The number of ether oxygens (including phenoxy) is 3. The molecule has 2 aromatic carbocycles. The van der Waals surface area contributed by atoms with Crippen molar-refractivity contribution in [1.29, 1.82) is 0 Å². The highest BCUT2D eigenvalue weighted by molar-refractivity contribution is 9.10. The molecule has 3 rings (SSSR count). The van der Waals surface area contributed by atoms with Crippen LogP contribution in [-0.4, -0.2) is 51.4 Å². The third-order valence-corrected chi connectivity index (χ3v) is 5.79. The number of morpholine rings is 1. The molecule has 1 heterocycles. The van der Waals surface area contributed by atoms with Crippen molar-refractivity contribution in [3.8, 4) is 11.5 Å². The summed E-state index contributed by atoms with van der Waals surface area (Å²) in [6.07, 6.45) is 1.13. The molecule has 5 nitrogen and oxygen atoms in total. The van der Waals surface area contributed by atoms with Crippen molar-refractivity contribution in [3.63, 3.8) is 0 Å². The van der Waals surface area contributed by atoms with Gasteiger partial charge in [0.2, 0.25) is 0 Å². The minimum absolute atomic E-state index is 0.517. The Hall–Kier alpha value is -1.60. The van der Waals surface area contributed by atoms with Crippen LogP contribution < -0.4 is 14.8 Å². The van der Waals surface area contributed by atoms with Gasteiger partial charge in [0.25, 0.3) is 0 Å². The predicted octanol–water partition coefficient (Wildman–Crippen LogP) is 4.16. The number of benzene rings is 2. The van der Waals surface area contributed by atoms with E-state index in [1.807, 2.05) is 12.1 Å². The molecule has 0 amide bonds. The largest absolute Gasteiger partial charge is 0.493 e. The van der Waals surface area contributed by atoms with Gasteiger partial charge in [0.15, 0.2) is 11.5 Å². The number of hydrogen-bond donors (Lipinski definition) is 1. The Morgan fingerprint density at radius 3 is 2.72 bits per heavy atom. The number of methoxy groups -OCH3 is 1. The summed E-state index contributed by atoms with van der Waals surface area (Å²) in [5.41, 5.74) is 3.54. The van der Waals surface area contributed by atoms with Gasteiger partial charge in [0, 0.05) is 24.1 Å². The Labute approximate surface area is 182 Å². The summed E-state index contributed by atoms with van der Waals surface area (Å²) < 4.78 is 18.0. The third kappa shape index (κ3) is 7.00. The first-order valence-electron chi connectivity index (χ1n) is 10.2. The van der Waals surface area contributed by atoms with Crippen LogP contribution in [0.15, 0.2) is 40.9 Å². The molecule has 1 N–H and O–H groups in total. The van der Waals surface area contributed by atoms with Crippen LogP contribution in [0.2, 0.25) is 0 Å². The minimum atomic E-state index is 0.517. The van der Waals surface area contributed by atoms with Gasteiger partial charge in [-0.3, -0.25) is 4.90 Å². The number of aryl methyl sites for hydroxylation is 1. The molecule has 1 saturated heterocycles. The molecular formula is C23H31BrN2O3. The monoisotopic (exact) mass is 462 g/mol. The molecule has 0 radical (unpaired) electrons. The van der Waals surface area contributed by atoms with Gasteiger partial charge >= 0.3 is 0 Å². The van der Waals surface area contributed by atoms with Crippen molar-refractivity contribution in [2.45, 2.75) is 26.5 Å². The molecule has 1 aliphatic rings. The molecule has 29 heavy (non-hydrogen) atoms. The van der Waals surface area contributed by atoms with E-state index < -0.39 is 0 Å². The summed E-state index contributed by atoms with van der Waals surface area (Å²) in [5, 5.41) is 3.53. The fourth-order valence-electron chi connectivity index (χ4n) is 3.42. The van der Waals surface area contributed by atoms with Crippen LogP contribution in [0.1, 0.15) is 23.1 Å². The molecule has 2 aromatic rings. The minimum Gasteiger partial charge on any atom is -0.493 e. The summed E-state index contributed by atoms with van der Waals surface area (Å²) in [4.78, 5) is 2.46. The van der Waals surface area contributed by atoms with Gasteiger partial charge in [-0.25, -0.2) is 0 Å². The normalized spacial score (nSPS) is 14.7. The van der Waals surface area contributed by atoms with E-state index in [2.05, 4.69) is 57.3 Å². The average Bonchev–Trinajstić information content (AvgIpc) is 2.74. The van der Waals surface area contributed by atoms with Crippen molar-refractivity contribution in [3.05, 3.63) is 57.6 Å². The van der Waals surface area contributed by atoms with E-state index in [1.54, 1.807) is 7.11 Å². The van der Waals surface area contributed by atoms with Crippen LogP contribution >= 0.6 is 15.9 Å². The molecule has 0 spiro atoms. The van der Waals surface area contributed by atoms with Gasteiger partial charge in [-0.1, -0.05) is 45.8 Å². The van der Waals surface area contributed by atoms with Gasteiger partial charge in [0.1, 0.15) is 6.61 Å². The number of nitrogens with one attached hydrogen (secondary N) is 1. The smallest absolute Gasteiger partial charge is 0.162 e. The van der Waals surface area contributed by atoms with E-state index in [1.165, 1.54) is 5.56 Å². The van der Waals surface area contributed by atoms with Crippen LogP contribution in [0.4, 0.5) is 0 Å². The first-order valence-corrected chi connectivity index (χ1v) is 11.0. The summed E-state index contributed by atoms with van der Waals surface area (Å²) in [7, 11) is 1.68. The number of halogens is 1. The Bertz CT molecular complexity index is 779. The average molecular weight is 463 g/mol. The zero-order chi connectivity index (χ0) is 20.5. The molecule has 6 heteroatoms. The molecule has 158 valence electrons. The van der Waals surface area contributed by atoms with Gasteiger partial charge < -0.3 is 19.5 Å². The second-order valence-electron chi connectivity index (χ2n) is 7.36. The highest BCUT2D eigenvalue weighted by atomic mass is 79.9. The highest BCUT2D eigenvalue weighted by Crippen LogP contribution is 2.34. The summed E-state index contributed by atoms with van der Waals surface area (Å²) in [6, 6.07) is 12.4. The van der Waals surface area contributed by atoms with Gasteiger partial charge in [-0.05, 0) is 49.7 Å². The SMILES string of the molecule is COc1cc(CNCCCN2CCOCC2)c(Br)cc1OCc1cccc(C)c1. The lowest BCUT2D eigenvalue weighted by molar-refractivity contribution is 0.0374. The van der Waals surface area contributed by atoms with Crippen molar-refractivity contribution >= 4 is 15.9 Å². The fourth-order valence-corrected chi connectivity index (χ4v) is 3.89. The molecule has 0 bridgehead atoms. The maximum absolute atomic E-state index is 6.02. The highest BCUT2D eigenvalue weighted by Gasteiger charge is 2.12. The Kier molecular flexibility index (Phi) is 8.80. The van der Waals surface area contributed by atoms with Crippen molar-refractivity contribution < 1.29 is 14.2 Å². The van der Waals surface area contributed by atoms with Crippen molar-refractivity contribution in [2.24, 2.45) is 0 Å². The lowest BCUT2D eigenvalue weighted by Crippen LogP contribution is -2.37. The Balaban J connectivity index is 1.49. The van der Waals surface area contributed by atoms with Crippen LogP contribution in [0.5, 0.6) is 11.5 Å². The Morgan fingerprint density at radius 1 is 1.14 bits per heavy atom. The van der Waals surface area contributed by atoms with Crippen molar-refractivity contribution in [2.75, 3.05) is 46.5 Å². The second-order valence-corrected chi connectivity index (χ2v) is 8.21. The van der Waals surface area contributed by atoms with Gasteiger partial charge in [-0.2, -0.15) is 0 Å². The summed E-state index contributed by atoms with van der Waals surface area (Å²) in [5.74, 6) is 1.50. The van der Waals surface area contributed by atoms with E-state index in [0.717, 1.165) is 79.5 Å². The molecular weight excluding hydrogens is 432 g/mol. The Morgan fingerprint density at radius 2 is 1.97 bits per heavy atom. The standard InChI is InChI=1S/C23H31BrN2O3/c1-18-5-3-6-19(13-18)17-29-23-15-21(24)20(14-22(23)27-2)16-25-7-4-8-26-9-11-28-12-10-26/h3,5-6,13-15,25H,4,7-12,16-17H2,1-2H3. The molecule has 1 aliphatic heterocycles. The van der Waals surface area contributed by atoms with E-state index in [9.17, 15) is 0 Å². The molecule has 0 aliphatic carbocycles. The van der Waals surface area contributed by atoms with Gasteiger partial charge in [0.05, 0.1) is 20.3 Å². The molecule has 0 atom stereocenters. The van der Waals surface area contributed by atoms with E-state index in [0.29, 0.717) is 6.61 Å². The molecule has 0 saturated carbocycles. The van der Waals surface area contributed by atoms with Crippen LogP contribution in [-0.2, 0) is 17.9 Å². The van der Waals surface area contributed by atoms with E-state index >= 15 is 0 Å². The van der Waals surface area contributed by atoms with Gasteiger partial charge in [-0.15, -0.1) is 0 Å². The third-order valence-electron chi connectivity index (χ3n) is 5.06. The first-order chi connectivity index (χ1) is 14.2. The number of hydrogen-bond acceptors (Lipinski definition) is 5. The summed E-state index contributed by atoms with van der Waals surface area (Å²) in [6.45, 7) is 9.31. The second kappa shape index (κ2) is 11.6. The maximum atomic E-state index is 6.02. The van der Waals surface area contributed by atoms with E-state index in [4.69, 9.17) is 14.2 Å². The number of nitrogens with zero attached hydrogens (tertiary/aromatic N) is 1. The lowest BCUT2D eigenvalue weighted by Gasteiger charge is -2.26.